The largest absolute Gasteiger partial charge is 0.409 e. The van der Waals surface area contributed by atoms with E-state index in [-0.39, 0.29) is 11.9 Å². The standard InChI is InChI=1S/C10H18N4OS/c1-7(4-10(11)13-15)14(3)5-9-6-16-8(2)12-9/h6-7,15H,4-5H2,1-3H3,(H2,11,13). The summed E-state index contributed by atoms with van der Waals surface area (Å²) in [7, 11) is 2.00. The molecule has 0 aliphatic carbocycles. The Balaban J connectivity index is 2.48. The number of amidine groups is 1. The van der Waals surface area contributed by atoms with Gasteiger partial charge in [0.25, 0.3) is 0 Å². The van der Waals surface area contributed by atoms with E-state index in [1.165, 1.54) is 0 Å². The summed E-state index contributed by atoms with van der Waals surface area (Å²) in [6.45, 7) is 4.81. The fraction of sp³-hybridized carbons (Fsp3) is 0.600. The second kappa shape index (κ2) is 5.81. The molecule has 0 saturated heterocycles. The lowest BCUT2D eigenvalue weighted by Gasteiger charge is -2.23. The molecular formula is C10H18N4OS. The molecule has 0 spiro atoms. The maximum Gasteiger partial charge on any atom is 0.140 e. The van der Waals surface area contributed by atoms with Gasteiger partial charge in [0.2, 0.25) is 0 Å². The zero-order valence-electron chi connectivity index (χ0n) is 9.84. The van der Waals surface area contributed by atoms with E-state index in [1.807, 2.05) is 20.9 Å². The molecule has 1 aromatic rings. The first kappa shape index (κ1) is 12.9. The molecule has 16 heavy (non-hydrogen) atoms. The summed E-state index contributed by atoms with van der Waals surface area (Å²) < 4.78 is 0. The van der Waals surface area contributed by atoms with Crippen LogP contribution in [0.4, 0.5) is 0 Å². The number of nitrogens with zero attached hydrogens (tertiary/aromatic N) is 3. The van der Waals surface area contributed by atoms with Crippen molar-refractivity contribution in [2.75, 3.05) is 7.05 Å². The molecule has 0 aliphatic rings. The number of aryl methyl sites for hydroxylation is 1. The normalized spacial score (nSPS) is 14.4. The van der Waals surface area contributed by atoms with E-state index in [4.69, 9.17) is 10.9 Å². The Morgan fingerprint density at radius 1 is 1.75 bits per heavy atom. The van der Waals surface area contributed by atoms with Crippen LogP contribution in [0.15, 0.2) is 10.5 Å². The molecule has 1 heterocycles. The second-order valence-corrected chi connectivity index (χ2v) is 4.98. The van der Waals surface area contributed by atoms with Crippen molar-refractivity contribution in [3.05, 3.63) is 16.1 Å². The average molecular weight is 242 g/mol. The predicted molar refractivity (Wildman–Crippen MR) is 65.8 cm³/mol. The number of hydrogen-bond donors (Lipinski definition) is 2. The minimum atomic E-state index is 0.220. The van der Waals surface area contributed by atoms with Crippen LogP contribution in [0.5, 0.6) is 0 Å². The summed E-state index contributed by atoms with van der Waals surface area (Å²) in [6, 6.07) is 0.220. The van der Waals surface area contributed by atoms with Crippen LogP contribution < -0.4 is 5.73 Å². The molecule has 0 fully saturated rings. The maximum absolute atomic E-state index is 8.49. The molecule has 0 aliphatic heterocycles. The molecule has 3 N–H and O–H groups in total. The van der Waals surface area contributed by atoms with Gasteiger partial charge in [-0.15, -0.1) is 11.3 Å². The minimum absolute atomic E-state index is 0.220. The summed E-state index contributed by atoms with van der Waals surface area (Å²) in [5.41, 5.74) is 6.54. The van der Waals surface area contributed by atoms with Crippen molar-refractivity contribution >= 4 is 17.2 Å². The van der Waals surface area contributed by atoms with Gasteiger partial charge in [0.15, 0.2) is 0 Å². The summed E-state index contributed by atoms with van der Waals surface area (Å²) in [6.07, 6.45) is 0.552. The lowest BCUT2D eigenvalue weighted by molar-refractivity contribution is 0.248. The van der Waals surface area contributed by atoms with Crippen LogP contribution in [0, 0.1) is 6.92 Å². The number of aromatic nitrogens is 1. The molecule has 1 unspecified atom stereocenters. The summed E-state index contributed by atoms with van der Waals surface area (Å²) in [5.74, 6) is 0.258. The molecule has 0 radical (unpaired) electrons. The van der Waals surface area contributed by atoms with Crippen LogP contribution in [0.25, 0.3) is 0 Å². The van der Waals surface area contributed by atoms with Gasteiger partial charge in [-0.05, 0) is 20.9 Å². The number of thiazole rings is 1. The van der Waals surface area contributed by atoms with Crippen LogP contribution in [0.3, 0.4) is 0 Å². The highest BCUT2D eigenvalue weighted by Gasteiger charge is 2.12. The molecular weight excluding hydrogens is 224 g/mol. The molecule has 90 valence electrons. The van der Waals surface area contributed by atoms with Gasteiger partial charge in [-0.1, -0.05) is 5.16 Å². The molecule has 0 saturated carbocycles. The van der Waals surface area contributed by atoms with Gasteiger partial charge in [-0.25, -0.2) is 4.98 Å². The molecule has 5 nitrogen and oxygen atoms in total. The Morgan fingerprint density at radius 2 is 2.44 bits per heavy atom. The molecule has 0 amide bonds. The highest BCUT2D eigenvalue weighted by Crippen LogP contribution is 2.12. The number of oxime groups is 1. The van der Waals surface area contributed by atoms with Crippen LogP contribution in [-0.4, -0.2) is 34.0 Å². The van der Waals surface area contributed by atoms with Gasteiger partial charge >= 0.3 is 0 Å². The molecule has 1 aromatic heterocycles. The van der Waals surface area contributed by atoms with E-state index in [2.05, 4.69) is 20.4 Å². The minimum Gasteiger partial charge on any atom is -0.409 e. The summed E-state index contributed by atoms with van der Waals surface area (Å²) in [4.78, 5) is 6.53. The zero-order chi connectivity index (χ0) is 12.1. The van der Waals surface area contributed by atoms with E-state index in [0.29, 0.717) is 6.42 Å². The topological polar surface area (TPSA) is 74.7 Å². The third-order valence-electron chi connectivity index (χ3n) is 2.46. The SMILES string of the molecule is Cc1nc(CN(C)C(C)CC(N)=NO)cs1. The van der Waals surface area contributed by atoms with Crippen molar-refractivity contribution in [3.8, 4) is 0 Å². The average Bonchev–Trinajstić information content (AvgIpc) is 2.63. The summed E-state index contributed by atoms with van der Waals surface area (Å²) in [5, 5.41) is 14.6. The Morgan fingerprint density at radius 3 is 2.94 bits per heavy atom. The quantitative estimate of drug-likeness (QED) is 0.354. The molecule has 1 atom stereocenters. The van der Waals surface area contributed by atoms with Gasteiger partial charge in [0, 0.05) is 24.4 Å². The molecule has 1 rings (SSSR count). The molecule has 6 heteroatoms. The van der Waals surface area contributed by atoms with Crippen molar-refractivity contribution in [2.45, 2.75) is 32.9 Å². The second-order valence-electron chi connectivity index (χ2n) is 3.92. The van der Waals surface area contributed by atoms with E-state index in [0.717, 1.165) is 17.2 Å². The van der Waals surface area contributed by atoms with Crippen LogP contribution in [0.1, 0.15) is 24.0 Å². The third-order valence-corrected chi connectivity index (χ3v) is 3.29. The highest BCUT2D eigenvalue weighted by atomic mass is 32.1. The van der Waals surface area contributed by atoms with E-state index in [1.54, 1.807) is 11.3 Å². The Kier molecular flexibility index (Phi) is 4.70. The van der Waals surface area contributed by atoms with Gasteiger partial charge in [0.1, 0.15) is 5.84 Å². The van der Waals surface area contributed by atoms with Crippen LogP contribution in [0.2, 0.25) is 0 Å². The van der Waals surface area contributed by atoms with E-state index < -0.39 is 0 Å². The number of rotatable bonds is 5. The van der Waals surface area contributed by atoms with Crippen molar-refractivity contribution in [1.82, 2.24) is 9.88 Å². The highest BCUT2D eigenvalue weighted by molar-refractivity contribution is 7.09. The van der Waals surface area contributed by atoms with Crippen molar-refractivity contribution in [1.29, 1.82) is 0 Å². The van der Waals surface area contributed by atoms with Crippen molar-refractivity contribution in [3.63, 3.8) is 0 Å². The van der Waals surface area contributed by atoms with Gasteiger partial charge in [0.05, 0.1) is 10.7 Å². The van der Waals surface area contributed by atoms with Crippen molar-refractivity contribution in [2.24, 2.45) is 10.9 Å². The summed E-state index contributed by atoms with van der Waals surface area (Å²) >= 11 is 1.65. The van der Waals surface area contributed by atoms with Gasteiger partial charge in [-0.2, -0.15) is 0 Å². The van der Waals surface area contributed by atoms with Gasteiger partial charge < -0.3 is 10.9 Å². The Bertz CT molecular complexity index is 363. The van der Waals surface area contributed by atoms with Crippen LogP contribution in [-0.2, 0) is 6.54 Å². The first-order valence-electron chi connectivity index (χ1n) is 5.10. The van der Waals surface area contributed by atoms with E-state index in [9.17, 15) is 0 Å². The fourth-order valence-electron chi connectivity index (χ4n) is 1.39. The molecule has 0 aromatic carbocycles. The zero-order valence-corrected chi connectivity index (χ0v) is 10.7. The Hall–Kier alpha value is -1.14. The van der Waals surface area contributed by atoms with E-state index >= 15 is 0 Å². The monoisotopic (exact) mass is 242 g/mol. The number of nitrogens with two attached hydrogens (primary N) is 1. The maximum atomic E-state index is 8.49. The lowest BCUT2D eigenvalue weighted by Crippen LogP contribution is -2.32. The first-order valence-corrected chi connectivity index (χ1v) is 5.98. The van der Waals surface area contributed by atoms with Gasteiger partial charge in [-0.3, -0.25) is 4.90 Å². The number of hydrogen-bond acceptors (Lipinski definition) is 5. The first-order chi connectivity index (χ1) is 7.52. The Labute approximate surface area is 99.6 Å². The lowest BCUT2D eigenvalue weighted by atomic mass is 10.2. The molecule has 0 bridgehead atoms. The smallest absolute Gasteiger partial charge is 0.140 e. The predicted octanol–water partition coefficient (Wildman–Crippen LogP) is 1.41. The van der Waals surface area contributed by atoms with Crippen LogP contribution >= 0.6 is 11.3 Å². The third kappa shape index (κ3) is 3.79. The fourth-order valence-corrected chi connectivity index (χ4v) is 2.00. The van der Waals surface area contributed by atoms with Crippen molar-refractivity contribution < 1.29 is 5.21 Å².